The monoisotopic (exact) mass is 283 g/mol. The van der Waals surface area contributed by atoms with Crippen molar-refractivity contribution in [3.05, 3.63) is 0 Å². The van der Waals surface area contributed by atoms with E-state index in [0.717, 1.165) is 38.9 Å². The summed E-state index contributed by atoms with van der Waals surface area (Å²) in [4.78, 5) is 27.6. The summed E-state index contributed by atoms with van der Waals surface area (Å²) < 4.78 is 0. The summed E-state index contributed by atoms with van der Waals surface area (Å²) in [6, 6.07) is -0.0363. The Balaban J connectivity index is 1.88. The van der Waals surface area contributed by atoms with Crippen LogP contribution in [0.1, 0.15) is 39.0 Å². The molecule has 0 aromatic heterocycles. The van der Waals surface area contributed by atoms with Gasteiger partial charge in [0.05, 0.1) is 0 Å². The number of rotatable bonds is 4. The molecule has 0 unspecified atom stereocenters. The van der Waals surface area contributed by atoms with Crippen LogP contribution in [0.4, 0.5) is 4.79 Å². The van der Waals surface area contributed by atoms with E-state index in [9.17, 15) is 14.7 Å². The van der Waals surface area contributed by atoms with E-state index in [4.69, 9.17) is 0 Å². The van der Waals surface area contributed by atoms with Crippen molar-refractivity contribution >= 4 is 12.0 Å². The van der Waals surface area contributed by atoms with Crippen LogP contribution < -0.4 is 5.32 Å². The number of amides is 2. The molecule has 0 spiro atoms. The third-order valence-corrected chi connectivity index (χ3v) is 4.84. The van der Waals surface area contributed by atoms with Gasteiger partial charge in [0.15, 0.2) is 0 Å². The number of carbonyl (C=O) groups excluding carboxylic acids is 1. The van der Waals surface area contributed by atoms with Gasteiger partial charge in [0.25, 0.3) is 0 Å². The summed E-state index contributed by atoms with van der Waals surface area (Å²) in [6.45, 7) is 5.19. The number of nitrogens with one attached hydrogen (secondary N) is 1. The number of nitrogens with zero attached hydrogens (tertiary/aromatic N) is 2. The van der Waals surface area contributed by atoms with Gasteiger partial charge in [0.1, 0.15) is 5.54 Å². The van der Waals surface area contributed by atoms with E-state index >= 15 is 0 Å². The fraction of sp³-hybridized carbons (Fsp3) is 0.857. The van der Waals surface area contributed by atoms with Crippen molar-refractivity contribution < 1.29 is 14.7 Å². The van der Waals surface area contributed by atoms with Crippen LogP contribution in [-0.4, -0.2) is 65.2 Å². The highest BCUT2D eigenvalue weighted by atomic mass is 16.4. The summed E-state index contributed by atoms with van der Waals surface area (Å²) in [5, 5.41) is 12.0. The van der Waals surface area contributed by atoms with Crippen LogP contribution in [0, 0.1) is 0 Å². The van der Waals surface area contributed by atoms with Gasteiger partial charge in [-0.15, -0.1) is 0 Å². The van der Waals surface area contributed by atoms with Crippen LogP contribution in [0.2, 0.25) is 0 Å². The molecular formula is C14H25N3O3. The second-order valence-corrected chi connectivity index (χ2v) is 5.95. The lowest BCUT2D eigenvalue weighted by molar-refractivity contribution is -0.148. The van der Waals surface area contributed by atoms with Gasteiger partial charge in [-0.2, -0.15) is 0 Å². The first kappa shape index (κ1) is 15.1. The van der Waals surface area contributed by atoms with E-state index in [2.05, 4.69) is 17.1 Å². The van der Waals surface area contributed by atoms with Crippen LogP contribution in [0.5, 0.6) is 0 Å². The first-order valence-electron chi connectivity index (χ1n) is 7.49. The second kappa shape index (κ2) is 5.99. The maximum absolute atomic E-state index is 12.2. The molecule has 1 saturated carbocycles. The molecule has 1 aliphatic heterocycles. The predicted molar refractivity (Wildman–Crippen MR) is 75.6 cm³/mol. The van der Waals surface area contributed by atoms with E-state index in [1.807, 2.05) is 0 Å². The van der Waals surface area contributed by atoms with E-state index in [0.29, 0.717) is 12.8 Å². The molecule has 2 rings (SSSR count). The van der Waals surface area contributed by atoms with Crippen molar-refractivity contribution in [2.24, 2.45) is 0 Å². The van der Waals surface area contributed by atoms with Crippen molar-refractivity contribution in [1.82, 2.24) is 15.1 Å². The number of urea groups is 1. The Morgan fingerprint density at radius 2 is 1.95 bits per heavy atom. The van der Waals surface area contributed by atoms with Gasteiger partial charge in [0.2, 0.25) is 0 Å². The number of likely N-dealkylation sites (tertiary alicyclic amines) is 1. The molecule has 0 bridgehead atoms. The zero-order valence-electron chi connectivity index (χ0n) is 12.4. The number of carbonyl (C=O) groups is 2. The van der Waals surface area contributed by atoms with E-state index in [1.165, 1.54) is 0 Å². The molecular weight excluding hydrogens is 258 g/mol. The highest BCUT2D eigenvalue weighted by Gasteiger charge is 2.46. The van der Waals surface area contributed by atoms with Crippen LogP contribution in [0.15, 0.2) is 0 Å². The van der Waals surface area contributed by atoms with E-state index in [1.54, 1.807) is 11.9 Å². The van der Waals surface area contributed by atoms with Gasteiger partial charge in [0, 0.05) is 26.2 Å². The van der Waals surface area contributed by atoms with Crippen molar-refractivity contribution in [1.29, 1.82) is 0 Å². The van der Waals surface area contributed by atoms with Crippen molar-refractivity contribution in [3.63, 3.8) is 0 Å². The lowest BCUT2D eigenvalue weighted by Gasteiger charge is -2.41. The minimum atomic E-state index is -1.02. The average molecular weight is 283 g/mol. The van der Waals surface area contributed by atoms with Crippen LogP contribution in [-0.2, 0) is 4.79 Å². The Labute approximate surface area is 120 Å². The van der Waals surface area contributed by atoms with Gasteiger partial charge in [-0.3, -0.25) is 0 Å². The molecule has 1 heterocycles. The molecule has 2 N–H and O–H groups in total. The Morgan fingerprint density at radius 1 is 1.35 bits per heavy atom. The molecule has 0 radical (unpaired) electrons. The summed E-state index contributed by atoms with van der Waals surface area (Å²) in [5.41, 5.74) is -1.02. The molecule has 2 fully saturated rings. The minimum absolute atomic E-state index is 0.212. The quantitative estimate of drug-likeness (QED) is 0.811. The second-order valence-electron chi connectivity index (χ2n) is 5.95. The summed E-state index contributed by atoms with van der Waals surface area (Å²) in [5.74, 6) is -0.911. The number of hydrogen-bond acceptors (Lipinski definition) is 3. The molecule has 6 nitrogen and oxygen atoms in total. The lowest BCUT2D eigenvalue weighted by Crippen LogP contribution is -2.62. The third-order valence-electron chi connectivity index (χ3n) is 4.84. The molecule has 20 heavy (non-hydrogen) atoms. The molecule has 0 atom stereocenters. The molecule has 1 aliphatic carbocycles. The Bertz CT molecular complexity index is 374. The summed E-state index contributed by atoms with van der Waals surface area (Å²) in [7, 11) is 1.77. The van der Waals surface area contributed by atoms with Gasteiger partial charge < -0.3 is 20.2 Å². The maximum atomic E-state index is 12.2. The normalized spacial score (nSPS) is 22.9. The van der Waals surface area contributed by atoms with Crippen molar-refractivity contribution in [2.45, 2.75) is 50.6 Å². The molecule has 0 aromatic carbocycles. The van der Waals surface area contributed by atoms with E-state index < -0.39 is 11.5 Å². The first-order chi connectivity index (χ1) is 9.48. The zero-order valence-corrected chi connectivity index (χ0v) is 12.4. The van der Waals surface area contributed by atoms with E-state index in [-0.39, 0.29) is 12.1 Å². The van der Waals surface area contributed by atoms with Gasteiger partial charge >= 0.3 is 12.0 Å². The minimum Gasteiger partial charge on any atom is -0.480 e. The number of carboxylic acids is 1. The SMILES string of the molecule is CCN1CCC(N(C)C(=O)NC2(C(=O)O)CCC2)CC1. The molecule has 2 aliphatic rings. The number of piperidine rings is 1. The molecule has 0 aromatic rings. The highest BCUT2D eigenvalue weighted by Crippen LogP contribution is 2.32. The summed E-state index contributed by atoms with van der Waals surface area (Å²) >= 11 is 0. The standard InChI is InChI=1S/C14H25N3O3/c1-3-17-9-5-11(6-10-17)16(2)13(20)15-14(12(18)19)7-4-8-14/h11H,3-10H2,1-2H3,(H,15,20)(H,18,19). The van der Waals surface area contributed by atoms with Crippen molar-refractivity contribution in [2.75, 3.05) is 26.7 Å². The highest BCUT2D eigenvalue weighted by molar-refractivity contribution is 5.87. The molecule has 2 amide bonds. The van der Waals surface area contributed by atoms with Gasteiger partial charge in [-0.1, -0.05) is 6.92 Å². The predicted octanol–water partition coefficient (Wildman–Crippen LogP) is 1.12. The first-order valence-corrected chi connectivity index (χ1v) is 7.49. The third kappa shape index (κ3) is 2.90. The average Bonchev–Trinajstić information content (AvgIpc) is 2.41. The fourth-order valence-electron chi connectivity index (χ4n) is 3.00. The Morgan fingerprint density at radius 3 is 2.35 bits per heavy atom. The van der Waals surface area contributed by atoms with Crippen molar-refractivity contribution in [3.8, 4) is 0 Å². The Hall–Kier alpha value is -1.30. The molecule has 1 saturated heterocycles. The smallest absolute Gasteiger partial charge is 0.329 e. The van der Waals surface area contributed by atoms with Crippen LogP contribution >= 0.6 is 0 Å². The largest absolute Gasteiger partial charge is 0.480 e. The molecule has 114 valence electrons. The Kier molecular flexibility index (Phi) is 4.52. The van der Waals surface area contributed by atoms with Crippen LogP contribution in [0.3, 0.4) is 0 Å². The van der Waals surface area contributed by atoms with Gasteiger partial charge in [-0.25, -0.2) is 9.59 Å². The van der Waals surface area contributed by atoms with Gasteiger partial charge in [-0.05, 0) is 38.6 Å². The summed E-state index contributed by atoms with van der Waals surface area (Å²) in [6.07, 6.45) is 3.85. The lowest BCUT2D eigenvalue weighted by atomic mass is 9.77. The maximum Gasteiger partial charge on any atom is 0.329 e. The van der Waals surface area contributed by atoms with Crippen LogP contribution in [0.25, 0.3) is 0 Å². The zero-order chi connectivity index (χ0) is 14.8. The number of aliphatic carboxylic acids is 1. The molecule has 6 heteroatoms. The fourth-order valence-corrected chi connectivity index (χ4v) is 3.00. The topological polar surface area (TPSA) is 72.9 Å². The number of hydrogen-bond donors (Lipinski definition) is 2. The number of carboxylic acid groups (broad SMARTS) is 1.